The van der Waals surface area contributed by atoms with Crippen LogP contribution in [0.3, 0.4) is 0 Å². The number of nitrogens with zero attached hydrogens (tertiary/aromatic N) is 3. The third kappa shape index (κ3) is 5.56. The molecule has 1 aromatic heterocycles. The van der Waals surface area contributed by atoms with Gasteiger partial charge in [0, 0.05) is 56.7 Å². The van der Waals surface area contributed by atoms with Crippen LogP contribution in [0, 0.1) is 0 Å². The van der Waals surface area contributed by atoms with E-state index in [2.05, 4.69) is 245 Å². The molecule has 63 heavy (non-hydrogen) atoms. The van der Waals surface area contributed by atoms with Crippen LogP contribution in [-0.4, -0.2) is 11.3 Å². The lowest BCUT2D eigenvalue weighted by molar-refractivity contribution is 0.487. The zero-order chi connectivity index (χ0) is 41.4. The van der Waals surface area contributed by atoms with E-state index < -0.39 is 0 Å². The Bertz CT molecular complexity index is 3550. The second-order valence-electron chi connectivity index (χ2n) is 16.5. The van der Waals surface area contributed by atoms with Gasteiger partial charge < -0.3 is 19.1 Å². The van der Waals surface area contributed by atoms with Crippen molar-refractivity contribution >= 4 is 89.8 Å². The normalized spacial score (nSPS) is 12.5. The van der Waals surface area contributed by atoms with Gasteiger partial charge in [-0.05, 0) is 123 Å². The number of rotatable bonds is 6. The summed E-state index contributed by atoms with van der Waals surface area (Å²) in [6.07, 6.45) is 0. The summed E-state index contributed by atoms with van der Waals surface area (Å²) in [6, 6.07) is 83.2. The maximum atomic E-state index is 7.10. The van der Waals surface area contributed by atoms with E-state index in [1.165, 1.54) is 60.3 Å². The first-order chi connectivity index (χ1) is 31.3. The standard InChI is InChI=1S/C58H38BN3O/c1-4-15-39(16-5-1)40-27-30-44(31-28-40)60(45-33-36-52-49(37-45)48-23-12-13-24-51(48)61(52)42-18-6-2-7-19-42)46-32-34-50-56(38-46)63-55-26-14-25-53-58(55)59(50)57-47-22-11-10-17-41(47)29-35-54(57)62(53)43-20-8-3-9-21-43/h1-38H. The summed E-state index contributed by atoms with van der Waals surface area (Å²) >= 11 is 0. The van der Waals surface area contributed by atoms with Gasteiger partial charge in [-0.25, -0.2) is 0 Å². The van der Waals surface area contributed by atoms with E-state index in [1.54, 1.807) is 0 Å². The lowest BCUT2D eigenvalue weighted by Crippen LogP contribution is -2.59. The molecule has 13 rings (SSSR count). The molecular formula is C58H38BN3O. The van der Waals surface area contributed by atoms with Crippen molar-refractivity contribution in [3.8, 4) is 28.3 Å². The highest BCUT2D eigenvalue weighted by Crippen LogP contribution is 2.45. The molecule has 0 fully saturated rings. The van der Waals surface area contributed by atoms with Crippen molar-refractivity contribution in [2.45, 2.75) is 0 Å². The molecule has 4 nitrogen and oxygen atoms in total. The molecular weight excluding hydrogens is 765 g/mol. The highest BCUT2D eigenvalue weighted by molar-refractivity contribution is 7.00. The molecule has 0 bridgehead atoms. The van der Waals surface area contributed by atoms with Crippen LogP contribution in [0.2, 0.25) is 0 Å². The van der Waals surface area contributed by atoms with Crippen LogP contribution in [0.4, 0.5) is 34.1 Å². The van der Waals surface area contributed by atoms with Gasteiger partial charge >= 0.3 is 0 Å². The smallest absolute Gasteiger partial charge is 0.257 e. The van der Waals surface area contributed by atoms with Crippen molar-refractivity contribution in [2.24, 2.45) is 0 Å². The maximum Gasteiger partial charge on any atom is 0.257 e. The van der Waals surface area contributed by atoms with E-state index in [0.717, 1.165) is 51.1 Å². The molecule has 10 aromatic carbocycles. The van der Waals surface area contributed by atoms with Crippen LogP contribution in [0.25, 0.3) is 49.4 Å². The summed E-state index contributed by atoms with van der Waals surface area (Å²) in [6.45, 7) is -0.0332. The van der Waals surface area contributed by atoms with Gasteiger partial charge in [0.2, 0.25) is 0 Å². The zero-order valence-electron chi connectivity index (χ0n) is 34.3. The third-order valence-corrected chi connectivity index (χ3v) is 13.0. The van der Waals surface area contributed by atoms with Crippen LogP contribution in [-0.2, 0) is 0 Å². The number of fused-ring (bicyclic) bond motifs is 9. The van der Waals surface area contributed by atoms with Crippen LogP contribution >= 0.6 is 0 Å². The van der Waals surface area contributed by atoms with Crippen LogP contribution in [0.1, 0.15) is 0 Å². The van der Waals surface area contributed by atoms with Crippen LogP contribution in [0.5, 0.6) is 11.5 Å². The first kappa shape index (κ1) is 35.5. The molecule has 0 saturated carbocycles. The second kappa shape index (κ2) is 14.2. The molecule has 0 aliphatic carbocycles. The lowest BCUT2D eigenvalue weighted by atomic mass is 9.33. The number of benzene rings is 10. The summed E-state index contributed by atoms with van der Waals surface area (Å²) in [4.78, 5) is 4.78. The van der Waals surface area contributed by atoms with Crippen molar-refractivity contribution in [3.05, 3.63) is 231 Å². The number of hydrogen-bond donors (Lipinski definition) is 0. The van der Waals surface area contributed by atoms with Crippen LogP contribution < -0.4 is 30.9 Å². The highest BCUT2D eigenvalue weighted by Gasteiger charge is 2.42. The van der Waals surface area contributed by atoms with E-state index in [0.29, 0.717) is 0 Å². The van der Waals surface area contributed by atoms with Crippen molar-refractivity contribution in [1.29, 1.82) is 0 Å². The van der Waals surface area contributed by atoms with E-state index in [-0.39, 0.29) is 6.71 Å². The Labute approximate surface area is 366 Å². The third-order valence-electron chi connectivity index (χ3n) is 13.0. The van der Waals surface area contributed by atoms with Gasteiger partial charge in [-0.1, -0.05) is 140 Å². The summed E-state index contributed by atoms with van der Waals surface area (Å²) < 4.78 is 9.47. The average Bonchev–Trinajstić information content (AvgIpc) is 3.68. The Kier molecular flexibility index (Phi) is 7.97. The van der Waals surface area contributed by atoms with Crippen molar-refractivity contribution < 1.29 is 4.74 Å². The van der Waals surface area contributed by atoms with E-state index in [9.17, 15) is 0 Å². The number of aromatic nitrogens is 1. The maximum absolute atomic E-state index is 7.10. The largest absolute Gasteiger partial charge is 0.458 e. The van der Waals surface area contributed by atoms with E-state index in [4.69, 9.17) is 4.74 Å². The van der Waals surface area contributed by atoms with E-state index >= 15 is 0 Å². The molecule has 0 amide bonds. The molecule has 0 saturated heterocycles. The van der Waals surface area contributed by atoms with Gasteiger partial charge in [0.15, 0.2) is 0 Å². The predicted molar refractivity (Wildman–Crippen MR) is 264 cm³/mol. The van der Waals surface area contributed by atoms with Gasteiger partial charge in [0.05, 0.1) is 11.0 Å². The topological polar surface area (TPSA) is 20.6 Å². The molecule has 2 aliphatic rings. The quantitative estimate of drug-likeness (QED) is 0.156. The summed E-state index contributed by atoms with van der Waals surface area (Å²) in [7, 11) is 0. The van der Waals surface area contributed by atoms with E-state index in [1.807, 2.05) is 0 Å². The number of anilines is 6. The summed E-state index contributed by atoms with van der Waals surface area (Å²) in [5.74, 6) is 1.75. The molecule has 0 spiro atoms. The lowest BCUT2D eigenvalue weighted by Gasteiger charge is -2.40. The highest BCUT2D eigenvalue weighted by atomic mass is 16.5. The Hall–Kier alpha value is -8.28. The molecule has 0 unspecified atom stereocenters. The first-order valence-corrected chi connectivity index (χ1v) is 21.6. The molecule has 2 aliphatic heterocycles. The average molecular weight is 804 g/mol. The van der Waals surface area contributed by atoms with Gasteiger partial charge in [-0.3, -0.25) is 0 Å². The van der Waals surface area contributed by atoms with Crippen molar-refractivity contribution in [2.75, 3.05) is 9.80 Å². The first-order valence-electron chi connectivity index (χ1n) is 21.6. The predicted octanol–water partition coefficient (Wildman–Crippen LogP) is 13.5. The number of para-hydroxylation sites is 3. The molecule has 294 valence electrons. The van der Waals surface area contributed by atoms with Crippen LogP contribution in [0.15, 0.2) is 231 Å². The molecule has 5 heteroatoms. The molecule has 0 N–H and O–H groups in total. The number of ether oxygens (including phenoxy) is 1. The molecule has 3 heterocycles. The summed E-state index contributed by atoms with van der Waals surface area (Å²) in [5, 5.41) is 4.89. The van der Waals surface area contributed by atoms with Gasteiger partial charge in [-0.15, -0.1) is 0 Å². The van der Waals surface area contributed by atoms with Gasteiger partial charge in [-0.2, -0.15) is 0 Å². The SMILES string of the molecule is c1ccc(-c2ccc(N(c3ccc4c(c3)Oc3cccc5c3B4c3c(ccc4ccccc34)N5c3ccccc3)c3ccc4c(c3)c3ccccc3n4-c3ccccc3)cc2)cc1. The van der Waals surface area contributed by atoms with Gasteiger partial charge in [0.25, 0.3) is 6.71 Å². The Balaban J connectivity index is 1.01. The second-order valence-corrected chi connectivity index (χ2v) is 16.5. The summed E-state index contributed by atoms with van der Waals surface area (Å²) in [5.41, 5.74) is 16.1. The number of hydrogen-bond acceptors (Lipinski definition) is 3. The minimum Gasteiger partial charge on any atom is -0.458 e. The molecule has 11 aromatic rings. The van der Waals surface area contributed by atoms with Crippen molar-refractivity contribution in [1.82, 2.24) is 4.57 Å². The minimum absolute atomic E-state index is 0.0332. The fourth-order valence-electron chi connectivity index (χ4n) is 10.3. The molecule has 0 radical (unpaired) electrons. The Morgan fingerprint density at radius 2 is 1.00 bits per heavy atom. The Morgan fingerprint density at radius 1 is 0.381 bits per heavy atom. The minimum atomic E-state index is -0.0332. The Morgan fingerprint density at radius 3 is 1.81 bits per heavy atom. The monoisotopic (exact) mass is 803 g/mol. The van der Waals surface area contributed by atoms with Gasteiger partial charge in [0.1, 0.15) is 11.5 Å². The fourth-order valence-corrected chi connectivity index (χ4v) is 10.3. The molecule has 0 atom stereocenters. The fraction of sp³-hybridized carbons (Fsp3) is 0. The zero-order valence-corrected chi connectivity index (χ0v) is 34.3. The van der Waals surface area contributed by atoms with Crippen molar-refractivity contribution in [3.63, 3.8) is 0 Å².